The van der Waals surface area contributed by atoms with Crippen molar-refractivity contribution in [2.75, 3.05) is 20.1 Å². The van der Waals surface area contributed by atoms with Crippen LogP contribution in [0, 0.1) is 0 Å². The fourth-order valence-corrected chi connectivity index (χ4v) is 4.04. The number of hydrogen-bond donors (Lipinski definition) is 0. The average Bonchev–Trinajstić information content (AvgIpc) is 2.82. The van der Waals surface area contributed by atoms with Gasteiger partial charge < -0.3 is 4.90 Å². The molecule has 0 atom stereocenters. The zero-order valence-corrected chi connectivity index (χ0v) is 21.8. The summed E-state index contributed by atoms with van der Waals surface area (Å²) in [6, 6.07) is 0. The van der Waals surface area contributed by atoms with Gasteiger partial charge in [0.2, 0.25) is 0 Å². The molecule has 4 nitrogen and oxygen atoms in total. The summed E-state index contributed by atoms with van der Waals surface area (Å²) >= 11 is 0. The molecule has 0 saturated heterocycles. The van der Waals surface area contributed by atoms with E-state index in [0.29, 0.717) is 6.42 Å². The quantitative estimate of drug-likeness (QED) is 0.168. The molecule has 1 aliphatic carbocycles. The SMILES string of the molecule is CCN(C)CC.O=S(=O)(OC1CCCCC1)C(F)(F)C(F)(F)C(F)(F)C(F)(F)C(F)(F)C(F)(F)C(F)(F)C(F)(F)F. The van der Waals surface area contributed by atoms with Crippen molar-refractivity contribution in [1.29, 1.82) is 0 Å². The molecule has 0 amide bonds. The van der Waals surface area contributed by atoms with Gasteiger partial charge in [0.25, 0.3) is 0 Å². The Bertz CT molecular complexity index is 956. The van der Waals surface area contributed by atoms with E-state index in [4.69, 9.17) is 0 Å². The smallest absolute Gasteiger partial charge is 0.307 e. The Labute approximate surface area is 222 Å². The van der Waals surface area contributed by atoms with Crippen molar-refractivity contribution in [3.63, 3.8) is 0 Å². The van der Waals surface area contributed by atoms with E-state index in [1.54, 1.807) is 0 Å². The molecular weight excluding hydrogens is 645 g/mol. The standard InChI is InChI=1S/C14H11F17O3S.C5H13N/c15-7(16,9(19,20)11(23,24)13(27,28)29)8(17,18)10(21,22)12(25,26)14(30,31)35(32,33)34-6-4-2-1-3-5-6;1-4-6(3)5-2/h6H,1-5H2;4-5H2,1-3H3. The number of halogens is 17. The van der Waals surface area contributed by atoms with Gasteiger partial charge in [-0.1, -0.05) is 33.1 Å². The lowest BCUT2D eigenvalue weighted by molar-refractivity contribution is -0.458. The maximum Gasteiger partial charge on any atom is 0.460 e. The largest absolute Gasteiger partial charge is 0.460 e. The molecule has 0 aromatic heterocycles. The number of rotatable bonds is 11. The molecule has 0 N–H and O–H groups in total. The summed E-state index contributed by atoms with van der Waals surface area (Å²) in [5.41, 5.74) is 0. The van der Waals surface area contributed by atoms with Crippen molar-refractivity contribution < 1.29 is 87.2 Å². The molecule has 0 bridgehead atoms. The Hall–Kier alpha value is -1.32. The van der Waals surface area contributed by atoms with Gasteiger partial charge in [-0.2, -0.15) is 83.1 Å². The van der Waals surface area contributed by atoms with Crippen LogP contribution in [0.4, 0.5) is 74.6 Å². The van der Waals surface area contributed by atoms with Crippen LogP contribution in [0.1, 0.15) is 46.0 Å². The fraction of sp³-hybridized carbons (Fsp3) is 1.00. The Morgan fingerprint density at radius 3 is 1.20 bits per heavy atom. The first-order valence-corrected chi connectivity index (χ1v) is 12.6. The van der Waals surface area contributed by atoms with Gasteiger partial charge in [-0.05, 0) is 33.0 Å². The summed E-state index contributed by atoms with van der Waals surface area (Å²) < 4.78 is 250. The van der Waals surface area contributed by atoms with E-state index in [2.05, 4.69) is 30.0 Å². The lowest BCUT2D eigenvalue weighted by atomic mass is 9.91. The zero-order chi connectivity index (χ0) is 33.3. The molecule has 0 unspecified atom stereocenters. The van der Waals surface area contributed by atoms with Crippen molar-refractivity contribution in [2.45, 2.75) is 99.0 Å². The second-order valence-electron chi connectivity index (χ2n) is 8.76. The average molecular weight is 669 g/mol. The topological polar surface area (TPSA) is 46.6 Å². The molecule has 1 fully saturated rings. The predicted molar refractivity (Wildman–Crippen MR) is 106 cm³/mol. The van der Waals surface area contributed by atoms with E-state index >= 15 is 0 Å². The minimum atomic E-state index is -8.84. The van der Waals surface area contributed by atoms with Gasteiger partial charge in [-0.15, -0.1) is 0 Å². The van der Waals surface area contributed by atoms with Crippen LogP contribution in [0.5, 0.6) is 0 Å². The molecular formula is C19H24F17NO3S. The van der Waals surface area contributed by atoms with Gasteiger partial charge in [0.15, 0.2) is 0 Å². The molecule has 0 radical (unpaired) electrons. The number of hydrogen-bond acceptors (Lipinski definition) is 4. The Kier molecular flexibility index (Phi) is 12.0. The molecule has 22 heteroatoms. The lowest BCUT2D eigenvalue weighted by Crippen LogP contribution is -2.75. The van der Waals surface area contributed by atoms with Crippen molar-refractivity contribution in [3.05, 3.63) is 0 Å². The van der Waals surface area contributed by atoms with E-state index in [0.717, 1.165) is 13.1 Å². The van der Waals surface area contributed by atoms with Crippen molar-refractivity contribution in [2.24, 2.45) is 0 Å². The summed E-state index contributed by atoms with van der Waals surface area (Å²) in [5.74, 6) is -51.6. The third-order valence-electron chi connectivity index (χ3n) is 5.90. The van der Waals surface area contributed by atoms with Gasteiger partial charge in [-0.25, -0.2) is 0 Å². The van der Waals surface area contributed by atoms with Gasteiger partial charge in [0.1, 0.15) is 0 Å². The van der Waals surface area contributed by atoms with E-state index in [1.807, 2.05) is 0 Å². The van der Waals surface area contributed by atoms with Crippen LogP contribution in [0.25, 0.3) is 0 Å². The molecule has 0 aromatic rings. The van der Waals surface area contributed by atoms with Crippen molar-refractivity contribution >= 4 is 10.1 Å². The fourth-order valence-electron chi connectivity index (χ4n) is 2.93. The first-order chi connectivity index (χ1) is 17.9. The maximum absolute atomic E-state index is 13.8. The lowest BCUT2D eigenvalue weighted by Gasteiger charge is -2.42. The summed E-state index contributed by atoms with van der Waals surface area (Å²) in [5, 5.41) is -7.61. The first kappa shape index (κ1) is 39.7. The minimum absolute atomic E-state index is 0.00506. The molecule has 248 valence electrons. The summed E-state index contributed by atoms with van der Waals surface area (Å²) in [6.45, 7) is 6.64. The minimum Gasteiger partial charge on any atom is -0.307 e. The third kappa shape index (κ3) is 6.77. The highest BCUT2D eigenvalue weighted by molar-refractivity contribution is 7.87. The van der Waals surface area contributed by atoms with E-state index in [9.17, 15) is 83.1 Å². The summed E-state index contributed by atoms with van der Waals surface area (Å²) in [7, 11) is -5.34. The Morgan fingerprint density at radius 1 is 0.585 bits per heavy atom. The highest BCUT2D eigenvalue weighted by Gasteiger charge is 2.96. The number of nitrogens with zero attached hydrogens (tertiary/aromatic N) is 1. The van der Waals surface area contributed by atoms with Gasteiger partial charge in [0, 0.05) is 0 Å². The first-order valence-electron chi connectivity index (χ1n) is 11.2. The molecule has 1 saturated carbocycles. The van der Waals surface area contributed by atoms with Crippen LogP contribution < -0.4 is 0 Å². The number of alkyl halides is 17. The van der Waals surface area contributed by atoms with Crippen LogP contribution in [-0.2, 0) is 14.3 Å². The van der Waals surface area contributed by atoms with E-state index < -0.39 is 76.0 Å². The second kappa shape index (κ2) is 12.4. The molecule has 0 heterocycles. The van der Waals surface area contributed by atoms with Crippen molar-refractivity contribution in [1.82, 2.24) is 4.90 Å². The molecule has 0 spiro atoms. The Morgan fingerprint density at radius 2 is 0.902 bits per heavy atom. The van der Waals surface area contributed by atoms with Crippen LogP contribution >= 0.6 is 0 Å². The van der Waals surface area contributed by atoms with E-state index in [-0.39, 0.29) is 12.8 Å². The van der Waals surface area contributed by atoms with Gasteiger partial charge >= 0.3 is 57.1 Å². The van der Waals surface area contributed by atoms with Crippen LogP contribution in [-0.4, -0.2) is 86.5 Å². The van der Waals surface area contributed by atoms with E-state index in [1.165, 1.54) is 0 Å². The predicted octanol–water partition coefficient (Wildman–Crippen LogP) is 7.59. The van der Waals surface area contributed by atoms with Gasteiger partial charge in [0.05, 0.1) is 6.10 Å². The normalized spacial score (nSPS) is 17.9. The molecule has 0 aromatic carbocycles. The zero-order valence-electron chi connectivity index (χ0n) is 21.0. The summed E-state index contributed by atoms with van der Waals surface area (Å²) in [4.78, 5) is 2.25. The second-order valence-corrected chi connectivity index (χ2v) is 10.4. The molecule has 0 aliphatic heterocycles. The molecule has 41 heavy (non-hydrogen) atoms. The molecule has 1 aliphatic rings. The van der Waals surface area contributed by atoms with Crippen LogP contribution in [0.15, 0.2) is 0 Å². The Balaban J connectivity index is 0.00000239. The van der Waals surface area contributed by atoms with Crippen LogP contribution in [0.3, 0.4) is 0 Å². The van der Waals surface area contributed by atoms with Crippen molar-refractivity contribution in [3.8, 4) is 0 Å². The maximum atomic E-state index is 13.8. The third-order valence-corrected chi connectivity index (χ3v) is 7.31. The monoisotopic (exact) mass is 669 g/mol. The van der Waals surface area contributed by atoms with Crippen LogP contribution in [0.2, 0.25) is 0 Å². The van der Waals surface area contributed by atoms with Gasteiger partial charge in [-0.3, -0.25) is 4.18 Å². The molecule has 1 rings (SSSR count). The highest BCUT2D eigenvalue weighted by Crippen LogP contribution is 2.64. The highest BCUT2D eigenvalue weighted by atomic mass is 32.2. The summed E-state index contributed by atoms with van der Waals surface area (Å²) in [6.07, 6.45) is -10.4.